The first-order valence-electron chi connectivity index (χ1n) is 6.75. The number of carbonyl (C=O) groups is 1. The second-order valence-corrected chi connectivity index (χ2v) is 5.45. The van der Waals surface area contributed by atoms with E-state index < -0.39 is 6.04 Å². The van der Waals surface area contributed by atoms with E-state index in [1.165, 1.54) is 0 Å². The minimum Gasteiger partial charge on any atom is -0.352 e. The van der Waals surface area contributed by atoms with Gasteiger partial charge in [0, 0.05) is 6.04 Å². The number of benzene rings is 1. The Hall–Kier alpha value is -2.06. The summed E-state index contributed by atoms with van der Waals surface area (Å²) in [5.74, 6) is 0.724. The quantitative estimate of drug-likeness (QED) is 0.883. The average molecular weight is 305 g/mol. The summed E-state index contributed by atoms with van der Waals surface area (Å²) in [6.45, 7) is 5.62. The van der Waals surface area contributed by atoms with Gasteiger partial charge in [0.25, 0.3) is 0 Å². The van der Waals surface area contributed by atoms with Gasteiger partial charge in [0.15, 0.2) is 0 Å². The van der Waals surface area contributed by atoms with Crippen LogP contribution in [-0.4, -0.2) is 21.5 Å². The van der Waals surface area contributed by atoms with Gasteiger partial charge < -0.3 is 9.88 Å². The van der Waals surface area contributed by atoms with E-state index >= 15 is 0 Å². The van der Waals surface area contributed by atoms with Gasteiger partial charge in [0.05, 0.1) is 28.5 Å². The molecule has 21 heavy (non-hydrogen) atoms. The summed E-state index contributed by atoms with van der Waals surface area (Å²) in [5, 5.41) is 11.9. The maximum atomic E-state index is 12.3. The standard InChI is InChI=1S/C15H17ClN4O/c1-9(2)18-15(21)10(3)20-13-6-11(8-17)4-5-12(13)19-14(20)7-16/h4-6,9-10H,7H2,1-3H3,(H,18,21). The molecule has 1 aromatic carbocycles. The number of carbonyl (C=O) groups excluding carboxylic acids is 1. The lowest BCUT2D eigenvalue weighted by atomic mass is 10.2. The molecule has 5 nitrogen and oxygen atoms in total. The van der Waals surface area contributed by atoms with E-state index in [4.69, 9.17) is 16.9 Å². The van der Waals surface area contributed by atoms with Crippen LogP contribution in [0.1, 0.15) is 38.2 Å². The van der Waals surface area contributed by atoms with E-state index in [1.807, 2.05) is 13.8 Å². The van der Waals surface area contributed by atoms with Crippen molar-refractivity contribution >= 4 is 28.5 Å². The smallest absolute Gasteiger partial charge is 0.243 e. The summed E-state index contributed by atoms with van der Waals surface area (Å²) in [5.41, 5.74) is 2.01. The number of aromatic nitrogens is 2. The molecule has 0 aliphatic carbocycles. The van der Waals surface area contributed by atoms with E-state index in [2.05, 4.69) is 16.4 Å². The van der Waals surface area contributed by atoms with Gasteiger partial charge in [-0.2, -0.15) is 5.26 Å². The van der Waals surface area contributed by atoms with E-state index in [-0.39, 0.29) is 17.8 Å². The molecule has 0 saturated heterocycles. The van der Waals surface area contributed by atoms with Crippen LogP contribution >= 0.6 is 11.6 Å². The van der Waals surface area contributed by atoms with Crippen molar-refractivity contribution in [2.24, 2.45) is 0 Å². The number of nitrogens with zero attached hydrogens (tertiary/aromatic N) is 3. The summed E-state index contributed by atoms with van der Waals surface area (Å²) < 4.78 is 1.79. The highest BCUT2D eigenvalue weighted by molar-refractivity contribution is 6.17. The maximum absolute atomic E-state index is 12.3. The fourth-order valence-electron chi connectivity index (χ4n) is 2.26. The highest BCUT2D eigenvalue weighted by Crippen LogP contribution is 2.23. The minimum absolute atomic E-state index is 0.0591. The normalized spacial score (nSPS) is 12.4. The number of amides is 1. The van der Waals surface area contributed by atoms with Crippen LogP contribution in [0, 0.1) is 11.3 Å². The van der Waals surface area contributed by atoms with Crippen molar-refractivity contribution in [3.05, 3.63) is 29.6 Å². The van der Waals surface area contributed by atoms with Crippen LogP contribution < -0.4 is 5.32 Å². The number of imidazole rings is 1. The highest BCUT2D eigenvalue weighted by Gasteiger charge is 2.21. The third kappa shape index (κ3) is 3.01. The zero-order valence-electron chi connectivity index (χ0n) is 12.2. The first-order chi connectivity index (χ1) is 9.97. The zero-order valence-corrected chi connectivity index (χ0v) is 13.0. The van der Waals surface area contributed by atoms with Crippen molar-refractivity contribution in [2.75, 3.05) is 0 Å². The van der Waals surface area contributed by atoms with Gasteiger partial charge >= 0.3 is 0 Å². The van der Waals surface area contributed by atoms with Gasteiger partial charge in [0.2, 0.25) is 5.91 Å². The summed E-state index contributed by atoms with van der Waals surface area (Å²) >= 11 is 5.95. The maximum Gasteiger partial charge on any atom is 0.243 e. The fourth-order valence-corrected chi connectivity index (χ4v) is 2.45. The van der Waals surface area contributed by atoms with Crippen LogP contribution in [0.4, 0.5) is 0 Å². The van der Waals surface area contributed by atoms with Gasteiger partial charge in [-0.15, -0.1) is 11.6 Å². The summed E-state index contributed by atoms with van der Waals surface area (Å²) in [4.78, 5) is 16.7. The fraction of sp³-hybridized carbons (Fsp3) is 0.400. The first-order valence-corrected chi connectivity index (χ1v) is 7.28. The van der Waals surface area contributed by atoms with Gasteiger partial charge in [0.1, 0.15) is 11.9 Å². The van der Waals surface area contributed by atoms with Crippen LogP contribution in [0.2, 0.25) is 0 Å². The molecular formula is C15H17ClN4O. The molecular weight excluding hydrogens is 288 g/mol. The molecule has 6 heteroatoms. The van der Waals surface area contributed by atoms with Crippen molar-refractivity contribution in [3.8, 4) is 6.07 Å². The number of nitrogens with one attached hydrogen (secondary N) is 1. The Morgan fingerprint density at radius 3 is 2.76 bits per heavy atom. The van der Waals surface area contributed by atoms with E-state index in [1.54, 1.807) is 29.7 Å². The Balaban J connectivity index is 2.55. The summed E-state index contributed by atoms with van der Waals surface area (Å²) in [6, 6.07) is 6.92. The highest BCUT2D eigenvalue weighted by atomic mass is 35.5. The van der Waals surface area contributed by atoms with Crippen LogP contribution in [0.5, 0.6) is 0 Å². The number of hydrogen-bond acceptors (Lipinski definition) is 3. The number of rotatable bonds is 4. The van der Waals surface area contributed by atoms with Gasteiger partial charge in [-0.1, -0.05) is 0 Å². The van der Waals surface area contributed by atoms with Crippen LogP contribution in [0.25, 0.3) is 11.0 Å². The molecule has 110 valence electrons. The zero-order chi connectivity index (χ0) is 15.6. The van der Waals surface area contributed by atoms with Crippen molar-refractivity contribution < 1.29 is 4.79 Å². The summed E-state index contributed by atoms with van der Waals surface area (Å²) in [7, 11) is 0. The molecule has 2 rings (SSSR count). The minimum atomic E-state index is -0.444. The first kappa shape index (κ1) is 15.3. The Labute approximate surface area is 128 Å². The number of hydrogen-bond donors (Lipinski definition) is 1. The largest absolute Gasteiger partial charge is 0.352 e. The molecule has 0 bridgehead atoms. The molecule has 0 spiro atoms. The third-order valence-electron chi connectivity index (χ3n) is 3.21. The lowest BCUT2D eigenvalue weighted by Crippen LogP contribution is -2.36. The van der Waals surface area contributed by atoms with Crippen molar-refractivity contribution in [1.29, 1.82) is 5.26 Å². The average Bonchev–Trinajstić information content (AvgIpc) is 2.82. The Bertz CT molecular complexity index is 714. The van der Waals surface area contributed by atoms with Gasteiger partial charge in [-0.3, -0.25) is 4.79 Å². The molecule has 0 saturated carbocycles. The van der Waals surface area contributed by atoms with Crippen molar-refractivity contribution in [1.82, 2.24) is 14.9 Å². The predicted molar refractivity (Wildman–Crippen MR) is 82.0 cm³/mol. The van der Waals surface area contributed by atoms with E-state index in [0.717, 1.165) is 11.0 Å². The number of halogens is 1. The Kier molecular flexibility index (Phi) is 4.49. The molecule has 0 aliphatic heterocycles. The molecule has 0 aliphatic rings. The lowest BCUT2D eigenvalue weighted by molar-refractivity contribution is -0.124. The van der Waals surface area contributed by atoms with E-state index in [0.29, 0.717) is 11.4 Å². The van der Waals surface area contributed by atoms with Gasteiger partial charge in [-0.25, -0.2) is 4.98 Å². The second kappa shape index (κ2) is 6.15. The Morgan fingerprint density at radius 1 is 1.48 bits per heavy atom. The molecule has 2 aromatic rings. The lowest BCUT2D eigenvalue weighted by Gasteiger charge is -2.18. The SMILES string of the molecule is CC(C)NC(=O)C(C)n1c(CCl)nc2ccc(C#N)cc21. The second-order valence-electron chi connectivity index (χ2n) is 5.19. The Morgan fingerprint density at radius 2 is 2.19 bits per heavy atom. The van der Waals surface area contributed by atoms with Crippen LogP contribution in [-0.2, 0) is 10.7 Å². The van der Waals surface area contributed by atoms with Crippen molar-refractivity contribution in [3.63, 3.8) is 0 Å². The number of fused-ring (bicyclic) bond motifs is 1. The number of alkyl halides is 1. The van der Waals surface area contributed by atoms with Crippen LogP contribution in [0.15, 0.2) is 18.2 Å². The molecule has 0 radical (unpaired) electrons. The molecule has 1 amide bonds. The van der Waals surface area contributed by atoms with E-state index in [9.17, 15) is 4.79 Å². The summed E-state index contributed by atoms with van der Waals surface area (Å²) in [6.07, 6.45) is 0. The molecule has 1 heterocycles. The predicted octanol–water partition coefficient (Wildman–Crippen LogP) is 2.73. The molecule has 0 fully saturated rings. The number of nitriles is 1. The molecule has 1 unspecified atom stereocenters. The van der Waals surface area contributed by atoms with Crippen molar-refractivity contribution in [2.45, 2.75) is 38.7 Å². The molecule has 1 N–H and O–H groups in total. The third-order valence-corrected chi connectivity index (χ3v) is 3.45. The topological polar surface area (TPSA) is 70.7 Å². The van der Waals surface area contributed by atoms with Gasteiger partial charge in [-0.05, 0) is 39.0 Å². The molecule has 1 aromatic heterocycles. The monoisotopic (exact) mass is 304 g/mol. The molecule has 1 atom stereocenters. The van der Waals surface area contributed by atoms with Crippen LogP contribution in [0.3, 0.4) is 0 Å².